The molecule has 5 heteroatoms. The highest BCUT2D eigenvalue weighted by Gasteiger charge is 2.07. The first-order valence-corrected chi connectivity index (χ1v) is 6.26. The average Bonchev–Trinajstić information content (AvgIpc) is 2.35. The number of hydrogen-bond acceptors (Lipinski definition) is 3. The van der Waals surface area contributed by atoms with E-state index in [1.165, 1.54) is 0 Å². The Labute approximate surface area is 114 Å². The van der Waals surface area contributed by atoms with Crippen molar-refractivity contribution in [2.75, 3.05) is 5.32 Å². The van der Waals surface area contributed by atoms with Gasteiger partial charge in [-0.25, -0.2) is 9.97 Å². The van der Waals surface area contributed by atoms with Gasteiger partial charge < -0.3 is 0 Å². The molecule has 18 heavy (non-hydrogen) atoms. The van der Waals surface area contributed by atoms with Crippen molar-refractivity contribution in [2.45, 2.75) is 13.3 Å². The summed E-state index contributed by atoms with van der Waals surface area (Å²) in [5.41, 5.74) is 2.07. The molecule has 0 fully saturated rings. The molecule has 1 aromatic carbocycles. The first-order chi connectivity index (χ1) is 8.65. The smallest absolute Gasteiger partial charge is 0.231 e. The van der Waals surface area contributed by atoms with Crippen molar-refractivity contribution in [1.82, 2.24) is 9.97 Å². The summed E-state index contributed by atoms with van der Waals surface area (Å²) in [7, 11) is 0. The summed E-state index contributed by atoms with van der Waals surface area (Å²) in [5.74, 6) is 0.206. The lowest BCUT2D eigenvalue weighted by Crippen LogP contribution is -2.16. The van der Waals surface area contributed by atoms with E-state index in [-0.39, 0.29) is 5.91 Å². The fourth-order valence-electron chi connectivity index (χ4n) is 1.54. The normalized spacial score (nSPS) is 10.1. The number of rotatable bonds is 3. The van der Waals surface area contributed by atoms with Crippen LogP contribution in [0.2, 0.25) is 0 Å². The number of benzene rings is 1. The van der Waals surface area contributed by atoms with E-state index in [1.807, 2.05) is 25.1 Å². The van der Waals surface area contributed by atoms with Gasteiger partial charge in [-0.1, -0.05) is 22.0 Å². The van der Waals surface area contributed by atoms with Crippen molar-refractivity contribution in [2.24, 2.45) is 0 Å². The van der Waals surface area contributed by atoms with Crippen LogP contribution in [0, 0.1) is 6.92 Å². The van der Waals surface area contributed by atoms with Crippen LogP contribution >= 0.6 is 15.9 Å². The molecule has 0 unspecified atom stereocenters. The number of aromatic nitrogens is 2. The first kappa shape index (κ1) is 12.7. The van der Waals surface area contributed by atoms with E-state index in [2.05, 4.69) is 31.2 Å². The molecule has 1 amide bonds. The van der Waals surface area contributed by atoms with Crippen LogP contribution in [0.5, 0.6) is 0 Å². The molecule has 2 rings (SSSR count). The predicted octanol–water partition coefficient (Wildman–Crippen LogP) is 2.73. The Morgan fingerprint density at radius 2 is 2.06 bits per heavy atom. The molecule has 4 nitrogen and oxygen atoms in total. The first-order valence-electron chi connectivity index (χ1n) is 5.47. The third-order valence-electron chi connectivity index (χ3n) is 2.48. The second-order valence-corrected chi connectivity index (χ2v) is 4.78. The molecule has 0 radical (unpaired) electrons. The maximum atomic E-state index is 11.8. The fraction of sp³-hybridized carbons (Fsp3) is 0.154. The van der Waals surface area contributed by atoms with Gasteiger partial charge in [0.05, 0.1) is 6.42 Å². The van der Waals surface area contributed by atoms with Crippen LogP contribution in [0.15, 0.2) is 41.1 Å². The van der Waals surface area contributed by atoms with Crippen molar-refractivity contribution in [3.05, 3.63) is 52.3 Å². The van der Waals surface area contributed by atoms with Gasteiger partial charge in [0.1, 0.15) is 0 Å². The van der Waals surface area contributed by atoms with E-state index in [1.54, 1.807) is 18.5 Å². The lowest BCUT2D eigenvalue weighted by Gasteiger charge is -2.06. The van der Waals surface area contributed by atoms with Gasteiger partial charge in [-0.15, -0.1) is 0 Å². The lowest BCUT2D eigenvalue weighted by molar-refractivity contribution is -0.115. The number of nitrogens with one attached hydrogen (secondary N) is 1. The Kier molecular flexibility index (Phi) is 4.04. The molecule has 92 valence electrons. The minimum Gasteiger partial charge on any atom is -0.294 e. The molecule has 0 saturated heterocycles. The van der Waals surface area contributed by atoms with Gasteiger partial charge in [0.15, 0.2) is 0 Å². The zero-order valence-electron chi connectivity index (χ0n) is 9.85. The van der Waals surface area contributed by atoms with Gasteiger partial charge in [0.25, 0.3) is 0 Å². The number of amides is 1. The van der Waals surface area contributed by atoms with Crippen LogP contribution in [0.3, 0.4) is 0 Å². The largest absolute Gasteiger partial charge is 0.294 e. The highest BCUT2D eigenvalue weighted by atomic mass is 79.9. The third-order valence-corrected chi connectivity index (χ3v) is 2.97. The standard InChI is InChI=1S/C13H12BrN3O/c1-9-3-4-11(14)7-10(9)8-12(18)17-13-15-5-2-6-16-13/h2-7H,8H2,1H3,(H,15,16,17,18). The average molecular weight is 306 g/mol. The summed E-state index contributed by atoms with van der Waals surface area (Å²) >= 11 is 3.40. The van der Waals surface area contributed by atoms with Gasteiger partial charge in [-0.3, -0.25) is 10.1 Å². The van der Waals surface area contributed by atoms with Crippen molar-refractivity contribution < 1.29 is 4.79 Å². The highest BCUT2D eigenvalue weighted by molar-refractivity contribution is 9.10. The molecule has 1 N–H and O–H groups in total. The zero-order chi connectivity index (χ0) is 13.0. The van der Waals surface area contributed by atoms with Crippen LogP contribution in [0.4, 0.5) is 5.95 Å². The van der Waals surface area contributed by atoms with Crippen LogP contribution in [0.25, 0.3) is 0 Å². The minimum atomic E-state index is -0.123. The molecular weight excluding hydrogens is 294 g/mol. The maximum absolute atomic E-state index is 11.8. The number of nitrogens with zero attached hydrogens (tertiary/aromatic N) is 2. The SMILES string of the molecule is Cc1ccc(Br)cc1CC(=O)Nc1ncccn1. The number of carbonyl (C=O) groups is 1. The number of aryl methyl sites for hydroxylation is 1. The molecule has 1 aromatic heterocycles. The Bertz CT molecular complexity index is 557. The van der Waals surface area contributed by atoms with Crippen LogP contribution in [-0.2, 0) is 11.2 Å². The van der Waals surface area contributed by atoms with Crippen LogP contribution in [-0.4, -0.2) is 15.9 Å². The lowest BCUT2D eigenvalue weighted by atomic mass is 10.1. The molecule has 0 aliphatic rings. The number of hydrogen-bond donors (Lipinski definition) is 1. The highest BCUT2D eigenvalue weighted by Crippen LogP contribution is 2.16. The molecule has 2 aromatic rings. The molecule has 0 aliphatic heterocycles. The van der Waals surface area contributed by atoms with E-state index in [0.717, 1.165) is 15.6 Å². The molecule has 1 heterocycles. The number of anilines is 1. The Hall–Kier alpha value is -1.75. The van der Waals surface area contributed by atoms with Crippen molar-refractivity contribution in [1.29, 1.82) is 0 Å². The number of halogens is 1. The van der Waals surface area contributed by atoms with Gasteiger partial charge >= 0.3 is 0 Å². The van der Waals surface area contributed by atoms with Crippen LogP contribution < -0.4 is 5.32 Å². The van der Waals surface area contributed by atoms with E-state index in [0.29, 0.717) is 12.4 Å². The zero-order valence-corrected chi connectivity index (χ0v) is 11.4. The Morgan fingerprint density at radius 1 is 1.33 bits per heavy atom. The molecule has 0 spiro atoms. The van der Waals surface area contributed by atoms with E-state index in [9.17, 15) is 4.79 Å². The monoisotopic (exact) mass is 305 g/mol. The molecular formula is C13H12BrN3O. The molecule has 0 bridgehead atoms. The van der Waals surface area contributed by atoms with Gasteiger partial charge in [0, 0.05) is 16.9 Å². The molecule has 0 atom stereocenters. The summed E-state index contributed by atoms with van der Waals surface area (Å²) in [5, 5.41) is 2.66. The summed E-state index contributed by atoms with van der Waals surface area (Å²) in [6.07, 6.45) is 3.49. The van der Waals surface area contributed by atoms with Crippen molar-refractivity contribution >= 4 is 27.8 Å². The second kappa shape index (κ2) is 5.73. The second-order valence-electron chi connectivity index (χ2n) is 3.87. The third kappa shape index (κ3) is 3.37. The van der Waals surface area contributed by atoms with E-state index in [4.69, 9.17) is 0 Å². The molecule has 0 aliphatic carbocycles. The van der Waals surface area contributed by atoms with Crippen molar-refractivity contribution in [3.8, 4) is 0 Å². The summed E-state index contributed by atoms with van der Waals surface area (Å²) in [6.45, 7) is 1.98. The van der Waals surface area contributed by atoms with Gasteiger partial charge in [0.2, 0.25) is 11.9 Å². The van der Waals surface area contributed by atoms with Gasteiger partial charge in [-0.05, 0) is 36.2 Å². The Morgan fingerprint density at radius 3 is 2.78 bits per heavy atom. The summed E-state index contributed by atoms with van der Waals surface area (Å²) in [6, 6.07) is 7.58. The number of carbonyl (C=O) groups excluding carboxylic acids is 1. The van der Waals surface area contributed by atoms with Crippen molar-refractivity contribution in [3.63, 3.8) is 0 Å². The maximum Gasteiger partial charge on any atom is 0.231 e. The quantitative estimate of drug-likeness (QED) is 0.948. The molecule has 0 saturated carbocycles. The van der Waals surface area contributed by atoms with E-state index >= 15 is 0 Å². The topological polar surface area (TPSA) is 54.9 Å². The van der Waals surface area contributed by atoms with Gasteiger partial charge in [-0.2, -0.15) is 0 Å². The van der Waals surface area contributed by atoms with Crippen LogP contribution in [0.1, 0.15) is 11.1 Å². The van der Waals surface area contributed by atoms with E-state index < -0.39 is 0 Å². The minimum absolute atomic E-state index is 0.123. The summed E-state index contributed by atoms with van der Waals surface area (Å²) < 4.78 is 0.965. The predicted molar refractivity (Wildman–Crippen MR) is 73.2 cm³/mol. The Balaban J connectivity index is 2.05. The summed E-state index contributed by atoms with van der Waals surface area (Å²) in [4.78, 5) is 19.7. The fourth-order valence-corrected chi connectivity index (χ4v) is 1.94.